The predicted molar refractivity (Wildman–Crippen MR) is 110 cm³/mol. The molecule has 2 unspecified atom stereocenters. The molecule has 4 rings (SSSR count). The summed E-state index contributed by atoms with van der Waals surface area (Å²) >= 11 is 0. The number of hydrogen-bond donors (Lipinski definition) is 2. The molecule has 2 aliphatic rings. The molecule has 0 aliphatic heterocycles. The van der Waals surface area contributed by atoms with E-state index in [-0.39, 0.29) is 0 Å². The molecule has 1 heterocycles. The Morgan fingerprint density at radius 2 is 2.11 bits per heavy atom. The van der Waals surface area contributed by atoms with E-state index >= 15 is 0 Å². The van der Waals surface area contributed by atoms with E-state index in [1.807, 2.05) is 30.3 Å². The van der Waals surface area contributed by atoms with Crippen LogP contribution >= 0.6 is 0 Å². The molecule has 1 aromatic heterocycles. The maximum absolute atomic E-state index is 5.96. The molecule has 6 heteroatoms. The van der Waals surface area contributed by atoms with E-state index in [0.717, 1.165) is 36.8 Å². The summed E-state index contributed by atoms with van der Waals surface area (Å²) in [5.41, 5.74) is 2.11. The van der Waals surface area contributed by atoms with Gasteiger partial charge in [-0.15, -0.1) is 0 Å². The van der Waals surface area contributed by atoms with Crippen molar-refractivity contribution in [2.24, 2.45) is 10.4 Å². The predicted octanol–water partition coefficient (Wildman–Crippen LogP) is 3.74. The van der Waals surface area contributed by atoms with Crippen LogP contribution < -0.4 is 10.6 Å². The van der Waals surface area contributed by atoms with Crippen molar-refractivity contribution < 1.29 is 9.15 Å². The van der Waals surface area contributed by atoms with Crippen molar-refractivity contribution in [1.82, 2.24) is 15.6 Å². The van der Waals surface area contributed by atoms with E-state index < -0.39 is 0 Å². The molecule has 2 fully saturated rings. The average molecular weight is 383 g/mol. The summed E-state index contributed by atoms with van der Waals surface area (Å²) in [6.07, 6.45) is 6.95. The number of aromatic nitrogens is 1. The first-order valence-corrected chi connectivity index (χ1v) is 10.4. The van der Waals surface area contributed by atoms with Crippen molar-refractivity contribution in [3.05, 3.63) is 42.3 Å². The molecule has 2 saturated carbocycles. The van der Waals surface area contributed by atoms with Crippen LogP contribution in [0, 0.1) is 5.41 Å². The largest absolute Gasteiger partial charge is 0.444 e. The highest BCUT2D eigenvalue weighted by Crippen LogP contribution is 2.57. The second kappa shape index (κ2) is 8.35. The number of hydrogen-bond acceptors (Lipinski definition) is 4. The molecular weight excluding hydrogens is 352 g/mol. The standard InChI is InChI=1S/C22H30N4O2/c1-3-23-21(26-18-13-19(27-4-2)22(18)11-8-12-22)24-14-17-15-28-20(25-17)16-9-6-5-7-10-16/h5-7,9-10,15,18-19H,3-4,8,11-14H2,1-2H3,(H2,23,24,26). The number of oxazole rings is 1. The summed E-state index contributed by atoms with van der Waals surface area (Å²) in [6.45, 7) is 6.28. The summed E-state index contributed by atoms with van der Waals surface area (Å²) in [7, 11) is 0. The third kappa shape index (κ3) is 3.65. The van der Waals surface area contributed by atoms with Gasteiger partial charge in [-0.2, -0.15) is 0 Å². The van der Waals surface area contributed by atoms with Gasteiger partial charge in [0.15, 0.2) is 5.96 Å². The molecule has 0 amide bonds. The van der Waals surface area contributed by atoms with Gasteiger partial charge in [0.25, 0.3) is 0 Å². The van der Waals surface area contributed by atoms with Gasteiger partial charge in [-0.1, -0.05) is 24.6 Å². The van der Waals surface area contributed by atoms with Crippen molar-refractivity contribution in [2.45, 2.75) is 58.2 Å². The van der Waals surface area contributed by atoms with Crippen LogP contribution in [0.5, 0.6) is 0 Å². The lowest BCUT2D eigenvalue weighted by molar-refractivity contribution is -0.168. The van der Waals surface area contributed by atoms with E-state index in [2.05, 4.69) is 29.5 Å². The van der Waals surface area contributed by atoms with Crippen molar-refractivity contribution in [3.63, 3.8) is 0 Å². The van der Waals surface area contributed by atoms with Crippen LogP contribution in [-0.2, 0) is 11.3 Å². The quantitative estimate of drug-likeness (QED) is 0.564. The monoisotopic (exact) mass is 382 g/mol. The fraction of sp³-hybridized carbons (Fsp3) is 0.545. The van der Waals surface area contributed by atoms with E-state index in [9.17, 15) is 0 Å². The van der Waals surface area contributed by atoms with Crippen LogP contribution in [0.15, 0.2) is 46.0 Å². The Hall–Kier alpha value is -2.34. The lowest BCUT2D eigenvalue weighted by atomic mass is 9.51. The van der Waals surface area contributed by atoms with Crippen LogP contribution in [0.25, 0.3) is 11.5 Å². The fourth-order valence-electron chi connectivity index (χ4n) is 4.38. The molecule has 2 N–H and O–H groups in total. The van der Waals surface area contributed by atoms with E-state index in [0.29, 0.717) is 30.0 Å². The molecular formula is C22H30N4O2. The Kier molecular flexibility index (Phi) is 5.67. The van der Waals surface area contributed by atoms with E-state index in [1.165, 1.54) is 19.3 Å². The summed E-state index contributed by atoms with van der Waals surface area (Å²) in [4.78, 5) is 9.31. The number of nitrogens with one attached hydrogen (secondary N) is 2. The highest BCUT2D eigenvalue weighted by molar-refractivity contribution is 5.80. The maximum atomic E-state index is 5.96. The van der Waals surface area contributed by atoms with Gasteiger partial charge in [0.1, 0.15) is 12.0 Å². The van der Waals surface area contributed by atoms with E-state index in [4.69, 9.17) is 14.1 Å². The first-order chi connectivity index (χ1) is 13.7. The fourth-order valence-corrected chi connectivity index (χ4v) is 4.38. The van der Waals surface area contributed by atoms with Gasteiger partial charge in [-0.05, 0) is 45.2 Å². The SMILES string of the molecule is CCNC(=NCc1coc(-c2ccccc2)n1)NC1CC(OCC)C12CCC2. The Balaban J connectivity index is 1.40. The molecule has 0 bridgehead atoms. The van der Waals surface area contributed by atoms with E-state index in [1.54, 1.807) is 6.26 Å². The third-order valence-electron chi connectivity index (χ3n) is 6.06. The molecule has 0 radical (unpaired) electrons. The molecule has 1 aromatic carbocycles. The zero-order valence-electron chi connectivity index (χ0n) is 16.8. The van der Waals surface area contributed by atoms with Gasteiger partial charge in [-0.25, -0.2) is 9.98 Å². The maximum Gasteiger partial charge on any atom is 0.226 e. The van der Waals surface area contributed by atoms with Crippen molar-refractivity contribution >= 4 is 5.96 Å². The summed E-state index contributed by atoms with van der Waals surface area (Å²) < 4.78 is 11.6. The van der Waals surface area contributed by atoms with Crippen LogP contribution in [0.4, 0.5) is 0 Å². The number of nitrogens with zero attached hydrogens (tertiary/aromatic N) is 2. The first kappa shape index (κ1) is 19.0. The van der Waals surface area contributed by atoms with Gasteiger partial charge in [0, 0.05) is 30.2 Å². The second-order valence-electron chi connectivity index (χ2n) is 7.67. The zero-order chi connectivity index (χ0) is 19.4. The summed E-state index contributed by atoms with van der Waals surface area (Å²) in [6, 6.07) is 10.4. The second-order valence-corrected chi connectivity index (χ2v) is 7.67. The normalized spacial score (nSPS) is 23.1. The van der Waals surface area contributed by atoms with Crippen molar-refractivity contribution in [1.29, 1.82) is 0 Å². The van der Waals surface area contributed by atoms with Crippen LogP contribution in [0.1, 0.15) is 45.2 Å². The van der Waals surface area contributed by atoms with Crippen molar-refractivity contribution in [2.75, 3.05) is 13.2 Å². The molecule has 2 aromatic rings. The van der Waals surface area contributed by atoms with Crippen molar-refractivity contribution in [3.8, 4) is 11.5 Å². The zero-order valence-corrected chi connectivity index (χ0v) is 16.8. The highest BCUT2D eigenvalue weighted by Gasteiger charge is 2.59. The molecule has 150 valence electrons. The summed E-state index contributed by atoms with van der Waals surface area (Å²) in [5, 5.41) is 7.01. The lowest BCUT2D eigenvalue weighted by Crippen LogP contribution is -2.68. The number of rotatable bonds is 7. The molecule has 28 heavy (non-hydrogen) atoms. The van der Waals surface area contributed by atoms with Gasteiger partial charge in [-0.3, -0.25) is 0 Å². The smallest absolute Gasteiger partial charge is 0.226 e. The number of ether oxygens (including phenoxy) is 1. The van der Waals surface area contributed by atoms with Gasteiger partial charge in [0.05, 0.1) is 12.6 Å². The molecule has 6 nitrogen and oxygen atoms in total. The average Bonchev–Trinajstić information content (AvgIpc) is 3.13. The third-order valence-corrected chi connectivity index (χ3v) is 6.06. The minimum atomic E-state index is 0.306. The van der Waals surface area contributed by atoms with Crippen LogP contribution in [-0.4, -0.2) is 36.2 Å². The summed E-state index contributed by atoms with van der Waals surface area (Å²) in [5.74, 6) is 1.48. The Bertz CT molecular complexity index is 798. The molecule has 2 aliphatic carbocycles. The van der Waals surface area contributed by atoms with Gasteiger partial charge in [0.2, 0.25) is 5.89 Å². The minimum Gasteiger partial charge on any atom is -0.444 e. The number of benzene rings is 1. The van der Waals surface area contributed by atoms with Crippen LogP contribution in [0.3, 0.4) is 0 Å². The van der Waals surface area contributed by atoms with Crippen LogP contribution in [0.2, 0.25) is 0 Å². The minimum absolute atomic E-state index is 0.306. The molecule has 0 saturated heterocycles. The Morgan fingerprint density at radius 3 is 2.79 bits per heavy atom. The lowest BCUT2D eigenvalue weighted by Gasteiger charge is -2.61. The number of aliphatic imine (C=N–C) groups is 1. The Morgan fingerprint density at radius 1 is 1.29 bits per heavy atom. The first-order valence-electron chi connectivity index (χ1n) is 10.4. The van der Waals surface area contributed by atoms with Gasteiger partial charge >= 0.3 is 0 Å². The topological polar surface area (TPSA) is 71.7 Å². The number of guanidine groups is 1. The highest BCUT2D eigenvalue weighted by atomic mass is 16.5. The van der Waals surface area contributed by atoms with Gasteiger partial charge < -0.3 is 19.8 Å². The Labute approximate surface area is 166 Å². The molecule has 2 atom stereocenters. The molecule has 1 spiro atoms.